The van der Waals surface area contributed by atoms with Gasteiger partial charge in [-0.15, -0.1) is 0 Å². The lowest BCUT2D eigenvalue weighted by atomic mass is 10.1. The molecular formula is C17H26N2O4. The molecule has 1 N–H and O–H groups in total. The molecule has 1 aromatic carbocycles. The van der Waals surface area contributed by atoms with Crippen molar-refractivity contribution < 1.29 is 19.0 Å². The van der Waals surface area contributed by atoms with E-state index in [4.69, 9.17) is 14.2 Å². The summed E-state index contributed by atoms with van der Waals surface area (Å²) in [4.78, 5) is 14.7. The third-order valence-electron chi connectivity index (χ3n) is 4.19. The van der Waals surface area contributed by atoms with E-state index in [2.05, 4.69) is 10.2 Å². The Morgan fingerprint density at radius 2 is 2.13 bits per heavy atom. The first kappa shape index (κ1) is 17.6. The van der Waals surface area contributed by atoms with Crippen molar-refractivity contribution in [1.29, 1.82) is 0 Å². The molecule has 23 heavy (non-hydrogen) atoms. The van der Waals surface area contributed by atoms with Crippen LogP contribution in [0.4, 0.5) is 0 Å². The minimum atomic E-state index is -0.111. The monoisotopic (exact) mass is 322 g/mol. The van der Waals surface area contributed by atoms with Crippen LogP contribution in [0.1, 0.15) is 16.8 Å². The Bertz CT molecular complexity index is 521. The van der Waals surface area contributed by atoms with Gasteiger partial charge in [-0.25, -0.2) is 0 Å². The predicted molar refractivity (Wildman–Crippen MR) is 88.3 cm³/mol. The number of nitrogens with zero attached hydrogens (tertiary/aromatic N) is 1. The molecule has 1 fully saturated rings. The fourth-order valence-corrected chi connectivity index (χ4v) is 2.82. The van der Waals surface area contributed by atoms with Gasteiger partial charge in [0.2, 0.25) is 0 Å². The van der Waals surface area contributed by atoms with E-state index in [1.807, 2.05) is 0 Å². The van der Waals surface area contributed by atoms with Gasteiger partial charge in [0.15, 0.2) is 0 Å². The number of amides is 1. The lowest BCUT2D eigenvalue weighted by Crippen LogP contribution is -2.32. The molecule has 6 heteroatoms. The summed E-state index contributed by atoms with van der Waals surface area (Å²) in [5.74, 6) is 1.57. The normalized spacial score (nSPS) is 18.0. The maximum atomic E-state index is 12.4. The summed E-state index contributed by atoms with van der Waals surface area (Å²) >= 11 is 0. The molecular weight excluding hydrogens is 296 g/mol. The summed E-state index contributed by atoms with van der Waals surface area (Å²) in [7, 11) is 4.86. The van der Waals surface area contributed by atoms with E-state index >= 15 is 0 Å². The number of hydrogen-bond acceptors (Lipinski definition) is 5. The minimum Gasteiger partial charge on any atom is -0.497 e. The van der Waals surface area contributed by atoms with Gasteiger partial charge in [0.1, 0.15) is 11.5 Å². The van der Waals surface area contributed by atoms with Gasteiger partial charge in [-0.05, 0) is 31.0 Å². The molecule has 1 amide bonds. The Hall–Kier alpha value is -1.79. The zero-order chi connectivity index (χ0) is 16.7. The number of hydrogen-bond donors (Lipinski definition) is 1. The second-order valence-electron chi connectivity index (χ2n) is 5.72. The number of likely N-dealkylation sites (tertiary alicyclic amines) is 1. The third-order valence-corrected chi connectivity index (χ3v) is 4.19. The van der Waals surface area contributed by atoms with Crippen molar-refractivity contribution in [3.8, 4) is 11.5 Å². The van der Waals surface area contributed by atoms with E-state index in [0.717, 1.165) is 32.7 Å². The second kappa shape index (κ2) is 8.74. The van der Waals surface area contributed by atoms with Gasteiger partial charge in [0.25, 0.3) is 5.91 Å². The van der Waals surface area contributed by atoms with Crippen molar-refractivity contribution in [3.63, 3.8) is 0 Å². The van der Waals surface area contributed by atoms with Gasteiger partial charge in [-0.2, -0.15) is 0 Å². The number of nitrogens with one attached hydrogen (secondary N) is 1. The fourth-order valence-electron chi connectivity index (χ4n) is 2.82. The molecule has 1 aromatic rings. The number of carbonyl (C=O) groups excluding carboxylic acids is 1. The molecule has 1 aliphatic heterocycles. The van der Waals surface area contributed by atoms with Crippen LogP contribution in [-0.2, 0) is 4.74 Å². The number of carbonyl (C=O) groups is 1. The molecule has 0 aromatic heterocycles. The molecule has 128 valence electrons. The van der Waals surface area contributed by atoms with Crippen LogP contribution in [0.3, 0.4) is 0 Å². The highest BCUT2D eigenvalue weighted by Crippen LogP contribution is 2.24. The Balaban J connectivity index is 1.86. The SMILES string of the molecule is COCCN1CC[C@@H](CNC(=O)c2ccc(OC)cc2OC)C1. The molecule has 0 unspecified atom stereocenters. The average molecular weight is 322 g/mol. The first-order chi connectivity index (χ1) is 11.2. The minimum absolute atomic E-state index is 0.111. The van der Waals surface area contributed by atoms with Gasteiger partial charge in [0.05, 0.1) is 26.4 Å². The van der Waals surface area contributed by atoms with Crippen molar-refractivity contribution in [2.45, 2.75) is 6.42 Å². The molecule has 0 radical (unpaired) electrons. The number of ether oxygens (including phenoxy) is 3. The average Bonchev–Trinajstić information content (AvgIpc) is 3.05. The van der Waals surface area contributed by atoms with Crippen LogP contribution in [0.2, 0.25) is 0 Å². The summed E-state index contributed by atoms with van der Waals surface area (Å²) in [6.45, 7) is 4.45. The summed E-state index contributed by atoms with van der Waals surface area (Å²) in [6, 6.07) is 5.21. The van der Waals surface area contributed by atoms with Crippen molar-refractivity contribution in [3.05, 3.63) is 23.8 Å². The highest BCUT2D eigenvalue weighted by atomic mass is 16.5. The Morgan fingerprint density at radius 3 is 2.83 bits per heavy atom. The second-order valence-corrected chi connectivity index (χ2v) is 5.72. The van der Waals surface area contributed by atoms with Crippen LogP contribution in [0, 0.1) is 5.92 Å². The van der Waals surface area contributed by atoms with E-state index in [9.17, 15) is 4.79 Å². The summed E-state index contributed by atoms with van der Waals surface area (Å²) in [6.07, 6.45) is 1.10. The highest BCUT2D eigenvalue weighted by Gasteiger charge is 2.23. The van der Waals surface area contributed by atoms with E-state index in [-0.39, 0.29) is 5.91 Å². The maximum absolute atomic E-state index is 12.4. The Labute approximate surface area is 137 Å². The molecule has 1 saturated heterocycles. The van der Waals surface area contributed by atoms with Crippen LogP contribution >= 0.6 is 0 Å². The molecule has 1 aliphatic rings. The van der Waals surface area contributed by atoms with E-state index in [0.29, 0.717) is 29.5 Å². The molecule has 0 spiro atoms. The Morgan fingerprint density at radius 1 is 1.30 bits per heavy atom. The van der Waals surface area contributed by atoms with Crippen molar-refractivity contribution in [2.75, 3.05) is 54.1 Å². The lowest BCUT2D eigenvalue weighted by molar-refractivity contribution is 0.0943. The van der Waals surface area contributed by atoms with Crippen molar-refractivity contribution in [1.82, 2.24) is 10.2 Å². The predicted octanol–water partition coefficient (Wildman–Crippen LogP) is 1.40. The zero-order valence-corrected chi connectivity index (χ0v) is 14.1. The van der Waals surface area contributed by atoms with Crippen LogP contribution in [0.5, 0.6) is 11.5 Å². The van der Waals surface area contributed by atoms with Gasteiger partial charge < -0.3 is 24.4 Å². The van der Waals surface area contributed by atoms with Gasteiger partial charge in [0, 0.05) is 32.8 Å². The van der Waals surface area contributed by atoms with Crippen LogP contribution in [0.25, 0.3) is 0 Å². The number of rotatable bonds is 8. The van der Waals surface area contributed by atoms with E-state index in [1.165, 1.54) is 0 Å². The van der Waals surface area contributed by atoms with Gasteiger partial charge >= 0.3 is 0 Å². The summed E-state index contributed by atoms with van der Waals surface area (Å²) in [5, 5.41) is 3.01. The first-order valence-corrected chi connectivity index (χ1v) is 7.89. The van der Waals surface area contributed by atoms with Crippen molar-refractivity contribution in [2.24, 2.45) is 5.92 Å². The summed E-state index contributed by atoms with van der Waals surface area (Å²) < 4.78 is 15.5. The lowest BCUT2D eigenvalue weighted by Gasteiger charge is -2.16. The fraction of sp³-hybridized carbons (Fsp3) is 0.588. The van der Waals surface area contributed by atoms with Crippen LogP contribution in [-0.4, -0.2) is 64.9 Å². The number of methoxy groups -OCH3 is 3. The third kappa shape index (κ3) is 4.84. The zero-order valence-electron chi connectivity index (χ0n) is 14.1. The summed E-state index contributed by atoms with van der Waals surface area (Å²) in [5.41, 5.74) is 0.530. The topological polar surface area (TPSA) is 60.0 Å². The first-order valence-electron chi connectivity index (χ1n) is 7.89. The molecule has 1 heterocycles. The van der Waals surface area contributed by atoms with Crippen LogP contribution in [0.15, 0.2) is 18.2 Å². The Kier molecular flexibility index (Phi) is 6.67. The van der Waals surface area contributed by atoms with E-state index in [1.54, 1.807) is 39.5 Å². The quantitative estimate of drug-likeness (QED) is 0.784. The largest absolute Gasteiger partial charge is 0.497 e. The maximum Gasteiger partial charge on any atom is 0.255 e. The number of benzene rings is 1. The van der Waals surface area contributed by atoms with Crippen molar-refractivity contribution >= 4 is 5.91 Å². The molecule has 2 rings (SSSR count). The molecule has 1 atom stereocenters. The molecule has 0 saturated carbocycles. The van der Waals surface area contributed by atoms with Gasteiger partial charge in [-0.1, -0.05) is 0 Å². The molecule has 6 nitrogen and oxygen atoms in total. The van der Waals surface area contributed by atoms with E-state index < -0.39 is 0 Å². The standard InChI is InChI=1S/C17H26N2O4/c1-21-9-8-19-7-6-13(12-19)11-18-17(20)15-5-4-14(22-2)10-16(15)23-3/h4-5,10,13H,6-9,11-12H2,1-3H3,(H,18,20)/t13-/m0/s1. The molecule has 0 aliphatic carbocycles. The van der Waals surface area contributed by atoms with Crippen LogP contribution < -0.4 is 14.8 Å². The van der Waals surface area contributed by atoms with Gasteiger partial charge in [-0.3, -0.25) is 4.79 Å². The smallest absolute Gasteiger partial charge is 0.255 e. The molecule has 0 bridgehead atoms. The highest BCUT2D eigenvalue weighted by molar-refractivity contribution is 5.97.